The molecule has 1 aromatic heterocycles. The molecule has 2 aliphatic rings. The fourth-order valence-electron chi connectivity index (χ4n) is 6.41. The molecule has 2 aliphatic heterocycles. The van der Waals surface area contributed by atoms with Crippen molar-refractivity contribution in [1.29, 1.82) is 0 Å². The van der Waals surface area contributed by atoms with Crippen molar-refractivity contribution in [3.05, 3.63) is 87.8 Å². The maximum absolute atomic E-state index is 14.9. The molecular weight excluding hydrogens is 682 g/mol. The van der Waals surface area contributed by atoms with E-state index in [1.54, 1.807) is 25.4 Å². The van der Waals surface area contributed by atoms with Crippen LogP contribution in [0.25, 0.3) is 22.4 Å². The molecule has 5 N–H and O–H groups in total. The lowest BCUT2D eigenvalue weighted by molar-refractivity contribution is -0.120. The van der Waals surface area contributed by atoms with Gasteiger partial charge in [0.15, 0.2) is 0 Å². The molecule has 2 amide bonds. The number of methoxy groups -OCH3 is 2. The molecule has 10 nitrogen and oxygen atoms in total. The second-order valence-electron chi connectivity index (χ2n) is 12.4. The van der Waals surface area contributed by atoms with Gasteiger partial charge in [0.25, 0.3) is 0 Å². The van der Waals surface area contributed by atoms with E-state index in [-0.39, 0.29) is 23.9 Å². The first-order chi connectivity index (χ1) is 24.2. The average Bonchev–Trinajstić information content (AvgIpc) is 3.72. The second-order valence-corrected chi connectivity index (χ2v) is 13.1. The van der Waals surface area contributed by atoms with Crippen molar-refractivity contribution in [2.75, 3.05) is 32.6 Å². The lowest BCUT2D eigenvalue weighted by Crippen LogP contribution is -2.35. The number of pyridine rings is 1. The fourth-order valence-corrected chi connectivity index (χ4v) is 7.01. The van der Waals surface area contributed by atoms with Gasteiger partial charge < -0.3 is 36.1 Å². The fraction of sp³-hybridized carbons (Fsp3) is 0.324. The zero-order valence-corrected chi connectivity index (χ0v) is 29.3. The van der Waals surface area contributed by atoms with E-state index in [2.05, 4.69) is 31.6 Å². The molecule has 3 aromatic carbocycles. The van der Waals surface area contributed by atoms with Crippen molar-refractivity contribution in [3.63, 3.8) is 0 Å². The standard InChI is InChI=1S/C37H39Cl2FN6O4/c1-49-31-15-21(6-7-22(31)17-41-19-25-8-10-32(47)44-25)36-35(39)28(12-13-43-36)27-4-3-5-29(34(27)38)46-30-16-24(40)14-23(37(30)50-2)18-42-20-26-9-11-33(48)45-26/h3-7,12-16,25-26,41-42,46H,8-11,17-20H2,1-2H3,(H,44,47)(H,45,48)/t25-,26+/m1/s1. The number of hydrogen-bond donors (Lipinski definition) is 5. The lowest BCUT2D eigenvalue weighted by atomic mass is 10.0. The number of amides is 2. The number of halogens is 3. The van der Waals surface area contributed by atoms with Crippen LogP contribution in [0.1, 0.15) is 36.8 Å². The minimum atomic E-state index is -0.437. The summed E-state index contributed by atoms with van der Waals surface area (Å²) in [5.74, 6) is 0.850. The SMILES string of the molecule is COc1cc(-c2nccc(-c3cccc(Nc4cc(F)cc(CNC[C@@H]5CCC(=O)N5)c4OC)c3Cl)c2Cl)ccc1CNC[C@H]1CCC(=O)N1. The molecule has 0 saturated carbocycles. The number of benzene rings is 3. The summed E-state index contributed by atoms with van der Waals surface area (Å²) in [5, 5.41) is 16.6. The highest BCUT2D eigenvalue weighted by Gasteiger charge is 2.22. The van der Waals surface area contributed by atoms with Crippen molar-refractivity contribution in [2.45, 2.75) is 50.9 Å². The van der Waals surface area contributed by atoms with Gasteiger partial charge in [-0.2, -0.15) is 0 Å². The van der Waals surface area contributed by atoms with Crippen LogP contribution in [0.4, 0.5) is 15.8 Å². The van der Waals surface area contributed by atoms with Crippen LogP contribution in [0.15, 0.2) is 60.8 Å². The Bertz CT molecular complexity index is 1890. The van der Waals surface area contributed by atoms with Crippen molar-refractivity contribution in [2.24, 2.45) is 0 Å². The number of rotatable bonds is 14. The van der Waals surface area contributed by atoms with Crippen LogP contribution in [0.3, 0.4) is 0 Å². The third-order valence-corrected chi connectivity index (χ3v) is 9.71. The molecule has 3 heterocycles. The van der Waals surface area contributed by atoms with Gasteiger partial charge in [-0.15, -0.1) is 0 Å². The van der Waals surface area contributed by atoms with E-state index in [0.717, 1.165) is 24.0 Å². The summed E-state index contributed by atoms with van der Waals surface area (Å²) in [7, 11) is 3.15. The van der Waals surface area contributed by atoms with Crippen LogP contribution < -0.4 is 36.1 Å². The Morgan fingerprint density at radius 2 is 1.50 bits per heavy atom. The van der Waals surface area contributed by atoms with Crippen LogP contribution in [0.2, 0.25) is 10.0 Å². The molecule has 0 aliphatic carbocycles. The Morgan fingerprint density at radius 3 is 2.14 bits per heavy atom. The summed E-state index contributed by atoms with van der Waals surface area (Å²) in [4.78, 5) is 27.6. The highest BCUT2D eigenvalue weighted by molar-refractivity contribution is 6.39. The maximum atomic E-state index is 14.9. The van der Waals surface area contributed by atoms with Gasteiger partial charge in [-0.1, -0.05) is 47.5 Å². The van der Waals surface area contributed by atoms with E-state index < -0.39 is 5.82 Å². The molecule has 13 heteroatoms. The van der Waals surface area contributed by atoms with Crippen molar-refractivity contribution in [1.82, 2.24) is 26.3 Å². The first-order valence-corrected chi connectivity index (χ1v) is 17.2. The van der Waals surface area contributed by atoms with Crippen molar-refractivity contribution >= 4 is 46.4 Å². The molecule has 0 spiro atoms. The number of carbonyl (C=O) groups excluding carboxylic acids is 2. The molecule has 2 fully saturated rings. The largest absolute Gasteiger partial charge is 0.496 e. The van der Waals surface area contributed by atoms with Gasteiger partial charge in [-0.3, -0.25) is 14.6 Å². The van der Waals surface area contributed by atoms with Gasteiger partial charge in [0.2, 0.25) is 11.8 Å². The summed E-state index contributed by atoms with van der Waals surface area (Å²) in [6.07, 6.45) is 4.34. The van der Waals surface area contributed by atoms with Gasteiger partial charge in [-0.25, -0.2) is 4.39 Å². The zero-order chi connectivity index (χ0) is 35.2. The molecular formula is C37H39Cl2FN6O4. The summed E-state index contributed by atoms with van der Waals surface area (Å²) >= 11 is 14.0. The monoisotopic (exact) mass is 720 g/mol. The predicted octanol–water partition coefficient (Wildman–Crippen LogP) is 6.36. The predicted molar refractivity (Wildman–Crippen MR) is 194 cm³/mol. The maximum Gasteiger partial charge on any atom is 0.220 e. The van der Waals surface area contributed by atoms with Gasteiger partial charge in [-0.05, 0) is 37.1 Å². The molecule has 0 bridgehead atoms. The van der Waals surface area contributed by atoms with Gasteiger partial charge in [0.1, 0.15) is 17.3 Å². The van der Waals surface area contributed by atoms with E-state index in [9.17, 15) is 14.0 Å². The van der Waals surface area contributed by atoms with E-state index in [4.69, 9.17) is 32.7 Å². The first-order valence-electron chi connectivity index (χ1n) is 16.5. The number of anilines is 2. The Morgan fingerprint density at radius 1 is 0.820 bits per heavy atom. The van der Waals surface area contributed by atoms with E-state index in [0.29, 0.717) is 94.3 Å². The number of carbonyl (C=O) groups is 2. The van der Waals surface area contributed by atoms with Crippen LogP contribution >= 0.6 is 23.2 Å². The summed E-state index contributed by atoms with van der Waals surface area (Å²) in [6.45, 7) is 2.15. The highest BCUT2D eigenvalue weighted by atomic mass is 35.5. The zero-order valence-electron chi connectivity index (χ0n) is 27.8. The second kappa shape index (κ2) is 16.1. The molecule has 2 atom stereocenters. The Hall–Kier alpha value is -4.42. The first kappa shape index (κ1) is 35.4. The quantitative estimate of drug-likeness (QED) is 0.102. The molecule has 0 unspecified atom stereocenters. The number of ether oxygens (including phenoxy) is 2. The molecule has 0 radical (unpaired) electrons. The van der Waals surface area contributed by atoms with E-state index >= 15 is 0 Å². The van der Waals surface area contributed by atoms with Gasteiger partial charge in [0.05, 0.1) is 41.3 Å². The molecule has 262 valence electrons. The topological polar surface area (TPSA) is 126 Å². The lowest BCUT2D eigenvalue weighted by Gasteiger charge is -2.19. The van der Waals surface area contributed by atoms with Crippen molar-refractivity contribution in [3.8, 4) is 33.9 Å². The summed E-state index contributed by atoms with van der Waals surface area (Å²) < 4.78 is 26.3. The van der Waals surface area contributed by atoms with Crippen molar-refractivity contribution < 1.29 is 23.5 Å². The number of aromatic nitrogens is 1. The Labute approximate surface area is 300 Å². The van der Waals surface area contributed by atoms with Crippen LogP contribution in [-0.2, 0) is 22.7 Å². The molecule has 4 aromatic rings. The third kappa shape index (κ3) is 8.13. The third-order valence-electron chi connectivity index (χ3n) is 8.93. The number of nitrogens with one attached hydrogen (secondary N) is 5. The Balaban J connectivity index is 1.21. The molecule has 6 rings (SSSR count). The van der Waals surface area contributed by atoms with Crippen LogP contribution in [0, 0.1) is 5.82 Å². The number of nitrogens with zero attached hydrogens (tertiary/aromatic N) is 1. The minimum Gasteiger partial charge on any atom is -0.496 e. The summed E-state index contributed by atoms with van der Waals surface area (Å²) in [6, 6.07) is 16.1. The highest BCUT2D eigenvalue weighted by Crippen LogP contribution is 2.43. The average molecular weight is 722 g/mol. The normalized spacial score (nSPS) is 17.1. The molecule has 50 heavy (non-hydrogen) atoms. The van der Waals surface area contributed by atoms with Gasteiger partial charge >= 0.3 is 0 Å². The molecule has 2 saturated heterocycles. The van der Waals surface area contributed by atoms with Gasteiger partial charge in [0, 0.05) is 91.2 Å². The van der Waals surface area contributed by atoms with Crippen LogP contribution in [-0.4, -0.2) is 56.2 Å². The van der Waals surface area contributed by atoms with E-state index in [1.165, 1.54) is 19.2 Å². The van der Waals surface area contributed by atoms with E-state index in [1.807, 2.05) is 30.3 Å². The smallest absolute Gasteiger partial charge is 0.220 e. The minimum absolute atomic E-state index is 0.0435. The van der Waals surface area contributed by atoms with Crippen LogP contribution in [0.5, 0.6) is 11.5 Å². The summed E-state index contributed by atoms with van der Waals surface area (Å²) in [5.41, 5.74) is 5.19. The Kier molecular flexibility index (Phi) is 11.4. The number of hydrogen-bond acceptors (Lipinski definition) is 8.